The summed E-state index contributed by atoms with van der Waals surface area (Å²) in [6.07, 6.45) is 3.35. The fraction of sp³-hybridized carbons (Fsp3) is 0.538. The molecule has 4 rings (SSSR count). The third kappa shape index (κ3) is 5.27. The zero-order chi connectivity index (χ0) is 24.7. The number of piperidine rings is 1. The molecule has 0 aliphatic carbocycles. The standard InChI is InChI=1S/C26H35BrN2O4S/c1-19-7-13-23(14-8-19)34(30,31)28-22(17-24(33-28)20-9-11-21(27)12-10-20)18-32-29-25(2,3)15-6-16-26(29,4)5/h7-14,22,24H,6,15-18H2,1-5H3/t22-,24+/m0/s1. The number of rotatable bonds is 6. The first kappa shape index (κ1) is 25.8. The smallest absolute Gasteiger partial charge is 0.265 e. The predicted molar refractivity (Wildman–Crippen MR) is 136 cm³/mol. The Morgan fingerprint density at radius 3 is 2.18 bits per heavy atom. The highest BCUT2D eigenvalue weighted by atomic mass is 79.9. The van der Waals surface area contributed by atoms with E-state index in [1.165, 1.54) is 4.47 Å². The van der Waals surface area contributed by atoms with Crippen molar-refractivity contribution in [3.8, 4) is 0 Å². The van der Waals surface area contributed by atoms with Crippen LogP contribution in [-0.2, 0) is 19.7 Å². The summed E-state index contributed by atoms with van der Waals surface area (Å²) in [5, 5.41) is 2.08. The molecule has 0 unspecified atom stereocenters. The highest BCUT2D eigenvalue weighted by Crippen LogP contribution is 2.41. The van der Waals surface area contributed by atoms with Crippen LogP contribution >= 0.6 is 15.9 Å². The van der Waals surface area contributed by atoms with Crippen LogP contribution in [0.25, 0.3) is 0 Å². The molecule has 2 heterocycles. The van der Waals surface area contributed by atoms with Gasteiger partial charge in [-0.25, -0.2) is 8.42 Å². The van der Waals surface area contributed by atoms with E-state index in [2.05, 4.69) is 48.7 Å². The second-order valence-electron chi connectivity index (χ2n) is 10.7. The van der Waals surface area contributed by atoms with Crippen LogP contribution < -0.4 is 0 Å². The Balaban J connectivity index is 1.61. The van der Waals surface area contributed by atoms with Crippen molar-refractivity contribution >= 4 is 26.0 Å². The SMILES string of the molecule is Cc1ccc(S(=O)(=O)N2O[C@@H](c3ccc(Br)cc3)C[C@H]2CON2C(C)(C)CCCC2(C)C)cc1. The summed E-state index contributed by atoms with van der Waals surface area (Å²) in [5.41, 5.74) is 1.68. The lowest BCUT2D eigenvalue weighted by atomic mass is 9.82. The van der Waals surface area contributed by atoms with Crippen LogP contribution in [0.15, 0.2) is 57.9 Å². The molecule has 0 N–H and O–H groups in total. The minimum atomic E-state index is -3.86. The molecule has 2 aromatic carbocycles. The summed E-state index contributed by atoms with van der Waals surface area (Å²) < 4.78 is 29.4. The van der Waals surface area contributed by atoms with E-state index in [9.17, 15) is 8.42 Å². The monoisotopic (exact) mass is 550 g/mol. The summed E-state index contributed by atoms with van der Waals surface area (Å²) in [6.45, 7) is 10.9. The van der Waals surface area contributed by atoms with Crippen LogP contribution in [0.2, 0.25) is 0 Å². The maximum Gasteiger partial charge on any atom is 0.265 e. The molecule has 0 bridgehead atoms. The molecule has 0 amide bonds. The van der Waals surface area contributed by atoms with Gasteiger partial charge in [0.15, 0.2) is 0 Å². The highest BCUT2D eigenvalue weighted by molar-refractivity contribution is 9.10. The average molecular weight is 552 g/mol. The number of sulfonamides is 1. The van der Waals surface area contributed by atoms with Crippen molar-refractivity contribution in [2.45, 2.75) is 88.4 Å². The van der Waals surface area contributed by atoms with Gasteiger partial charge in [0, 0.05) is 22.0 Å². The fourth-order valence-corrected chi connectivity index (χ4v) is 6.85. The van der Waals surface area contributed by atoms with Crippen LogP contribution in [0.4, 0.5) is 0 Å². The molecule has 6 nitrogen and oxygen atoms in total. The maximum absolute atomic E-state index is 13.6. The molecule has 0 aromatic heterocycles. The van der Waals surface area contributed by atoms with Crippen LogP contribution in [0.1, 0.15) is 70.6 Å². The van der Waals surface area contributed by atoms with E-state index < -0.39 is 16.1 Å². The summed E-state index contributed by atoms with van der Waals surface area (Å²) >= 11 is 3.46. The van der Waals surface area contributed by atoms with Crippen molar-refractivity contribution in [3.05, 3.63) is 64.1 Å². The molecule has 2 aromatic rings. The van der Waals surface area contributed by atoms with Crippen molar-refractivity contribution in [1.29, 1.82) is 0 Å². The van der Waals surface area contributed by atoms with Gasteiger partial charge in [0.1, 0.15) is 6.10 Å². The molecule has 2 atom stereocenters. The fourth-order valence-electron chi connectivity index (χ4n) is 5.14. The van der Waals surface area contributed by atoms with Gasteiger partial charge in [-0.15, -0.1) is 0 Å². The topological polar surface area (TPSA) is 59.1 Å². The number of hydroxylamine groups is 3. The highest BCUT2D eigenvalue weighted by Gasteiger charge is 2.46. The Kier molecular flexibility index (Phi) is 7.31. The molecule has 2 saturated heterocycles. The third-order valence-electron chi connectivity index (χ3n) is 6.89. The Morgan fingerprint density at radius 1 is 1.00 bits per heavy atom. The van der Waals surface area contributed by atoms with E-state index in [1.807, 2.05) is 31.2 Å². The van der Waals surface area contributed by atoms with Crippen molar-refractivity contribution in [2.75, 3.05) is 6.61 Å². The van der Waals surface area contributed by atoms with Gasteiger partial charge in [-0.2, -0.15) is 5.06 Å². The molecular formula is C26H35BrN2O4S. The lowest BCUT2D eigenvalue weighted by molar-refractivity contribution is -0.287. The lowest BCUT2D eigenvalue weighted by Crippen LogP contribution is -2.59. The van der Waals surface area contributed by atoms with E-state index in [0.29, 0.717) is 6.42 Å². The van der Waals surface area contributed by atoms with Crippen molar-refractivity contribution < 1.29 is 18.1 Å². The zero-order valence-electron chi connectivity index (χ0n) is 20.6. The van der Waals surface area contributed by atoms with Crippen molar-refractivity contribution in [2.24, 2.45) is 0 Å². The number of benzene rings is 2. The molecular weight excluding hydrogens is 516 g/mol. The zero-order valence-corrected chi connectivity index (χ0v) is 23.0. The van der Waals surface area contributed by atoms with Gasteiger partial charge in [0.2, 0.25) is 0 Å². The second-order valence-corrected chi connectivity index (χ2v) is 13.4. The Hall–Kier alpha value is -1.29. The largest absolute Gasteiger partial charge is 0.296 e. The van der Waals surface area contributed by atoms with Crippen molar-refractivity contribution in [3.63, 3.8) is 0 Å². The summed E-state index contributed by atoms with van der Waals surface area (Å²) in [5.74, 6) is 0. The Bertz CT molecular complexity index is 1080. The van der Waals surface area contributed by atoms with Gasteiger partial charge >= 0.3 is 0 Å². The predicted octanol–water partition coefficient (Wildman–Crippen LogP) is 6.17. The number of halogens is 1. The first-order valence-electron chi connectivity index (χ1n) is 11.9. The third-order valence-corrected chi connectivity index (χ3v) is 9.14. The van der Waals surface area contributed by atoms with Gasteiger partial charge in [-0.05, 0) is 83.7 Å². The van der Waals surface area contributed by atoms with E-state index in [1.54, 1.807) is 24.3 Å². The second kappa shape index (κ2) is 9.64. The number of aryl methyl sites for hydroxylation is 1. The number of hydrogen-bond donors (Lipinski definition) is 0. The Morgan fingerprint density at radius 2 is 1.59 bits per heavy atom. The first-order valence-corrected chi connectivity index (χ1v) is 14.1. The van der Waals surface area contributed by atoms with E-state index in [0.717, 1.165) is 34.9 Å². The molecule has 0 spiro atoms. The lowest BCUT2D eigenvalue weighted by Gasteiger charge is -2.51. The maximum atomic E-state index is 13.6. The molecule has 0 saturated carbocycles. The van der Waals surface area contributed by atoms with Crippen LogP contribution in [0, 0.1) is 6.92 Å². The Labute approximate surface area is 212 Å². The molecule has 0 radical (unpaired) electrons. The van der Waals surface area contributed by atoms with Gasteiger partial charge < -0.3 is 0 Å². The van der Waals surface area contributed by atoms with E-state index in [-0.39, 0.29) is 28.7 Å². The minimum absolute atomic E-state index is 0.132. The molecule has 2 aliphatic rings. The quantitative estimate of drug-likeness (QED) is 0.430. The minimum Gasteiger partial charge on any atom is -0.296 e. The average Bonchev–Trinajstić information content (AvgIpc) is 3.18. The number of hydrogen-bond acceptors (Lipinski definition) is 5. The molecule has 2 fully saturated rings. The summed E-state index contributed by atoms with van der Waals surface area (Å²) in [4.78, 5) is 12.8. The van der Waals surface area contributed by atoms with Gasteiger partial charge in [-0.3, -0.25) is 9.68 Å². The summed E-state index contributed by atoms with van der Waals surface area (Å²) in [7, 11) is -3.86. The molecule has 34 heavy (non-hydrogen) atoms. The molecule has 8 heteroatoms. The van der Waals surface area contributed by atoms with Gasteiger partial charge in [-0.1, -0.05) is 50.2 Å². The van der Waals surface area contributed by atoms with Gasteiger partial charge in [0.05, 0.1) is 17.5 Å². The summed E-state index contributed by atoms with van der Waals surface area (Å²) in [6, 6.07) is 14.2. The number of nitrogens with zero attached hydrogens (tertiary/aromatic N) is 2. The molecule has 186 valence electrons. The van der Waals surface area contributed by atoms with Crippen LogP contribution in [-0.4, -0.2) is 41.7 Å². The van der Waals surface area contributed by atoms with Crippen molar-refractivity contribution in [1.82, 2.24) is 9.53 Å². The van der Waals surface area contributed by atoms with Crippen LogP contribution in [0.3, 0.4) is 0 Å². The van der Waals surface area contributed by atoms with Crippen LogP contribution in [0.5, 0.6) is 0 Å². The van der Waals surface area contributed by atoms with Gasteiger partial charge in [0.25, 0.3) is 10.0 Å². The normalized spacial score (nSPS) is 25.5. The first-order chi connectivity index (χ1) is 15.9. The van der Waals surface area contributed by atoms with E-state index in [4.69, 9.17) is 9.68 Å². The molecule has 2 aliphatic heterocycles. The van der Waals surface area contributed by atoms with E-state index >= 15 is 0 Å².